The third-order valence-corrected chi connectivity index (χ3v) is 4.42. The lowest BCUT2D eigenvalue weighted by Gasteiger charge is -2.27. The van der Waals surface area contributed by atoms with E-state index in [1.807, 2.05) is 16.9 Å². The maximum absolute atomic E-state index is 11.9. The van der Waals surface area contributed by atoms with Gasteiger partial charge in [-0.1, -0.05) is 18.2 Å². The first-order valence-electron chi connectivity index (χ1n) is 8.58. The molecule has 1 atom stereocenters. The number of nitrogens with one attached hydrogen (secondary N) is 2. The molecule has 1 aromatic heterocycles. The molecule has 2 aromatic rings. The monoisotopic (exact) mass is 327 g/mol. The molecule has 1 aliphatic heterocycles. The number of hydrogen-bond acceptors (Lipinski definition) is 3. The number of para-hydroxylation sites is 1. The molecular formula is C18H25N5O. The minimum Gasteiger partial charge on any atom is -0.366 e. The Morgan fingerprint density at radius 3 is 3.00 bits per heavy atom. The van der Waals surface area contributed by atoms with Gasteiger partial charge in [0.05, 0.1) is 0 Å². The first kappa shape index (κ1) is 16.4. The predicted molar refractivity (Wildman–Crippen MR) is 95.2 cm³/mol. The molecule has 24 heavy (non-hydrogen) atoms. The second-order valence-electron chi connectivity index (χ2n) is 6.18. The smallest absolute Gasteiger partial charge is 0.314 e. The standard InChI is InChI=1S/C18H25N5O/c1-15(23-13-8-16-6-2-3-7-17(16)23)14-20-18(24)19-9-4-11-22-12-5-10-21-22/h2-3,5-7,10,12,15H,4,8-9,11,13-14H2,1H3,(H2,19,20,24). The van der Waals surface area contributed by atoms with Crippen molar-refractivity contribution in [1.82, 2.24) is 20.4 Å². The number of amides is 2. The van der Waals surface area contributed by atoms with Crippen molar-refractivity contribution < 1.29 is 4.79 Å². The van der Waals surface area contributed by atoms with E-state index in [9.17, 15) is 4.79 Å². The van der Waals surface area contributed by atoms with Crippen molar-refractivity contribution >= 4 is 11.7 Å². The number of benzene rings is 1. The van der Waals surface area contributed by atoms with Crippen LogP contribution in [0, 0.1) is 0 Å². The number of hydrogen-bond donors (Lipinski definition) is 2. The van der Waals surface area contributed by atoms with Gasteiger partial charge >= 0.3 is 6.03 Å². The van der Waals surface area contributed by atoms with Crippen molar-refractivity contribution in [3.8, 4) is 0 Å². The highest BCUT2D eigenvalue weighted by Gasteiger charge is 2.22. The van der Waals surface area contributed by atoms with Gasteiger partial charge in [-0.25, -0.2) is 4.79 Å². The molecule has 2 heterocycles. The zero-order chi connectivity index (χ0) is 16.8. The Morgan fingerprint density at radius 2 is 2.17 bits per heavy atom. The van der Waals surface area contributed by atoms with Gasteiger partial charge in [-0.15, -0.1) is 0 Å². The summed E-state index contributed by atoms with van der Waals surface area (Å²) in [5.41, 5.74) is 2.69. The zero-order valence-electron chi connectivity index (χ0n) is 14.1. The van der Waals surface area contributed by atoms with Crippen molar-refractivity contribution in [2.45, 2.75) is 32.4 Å². The first-order chi connectivity index (χ1) is 11.7. The molecule has 1 aliphatic rings. The second kappa shape index (κ2) is 7.86. The van der Waals surface area contributed by atoms with E-state index in [2.05, 4.69) is 51.8 Å². The van der Waals surface area contributed by atoms with Gasteiger partial charge in [0.25, 0.3) is 0 Å². The summed E-state index contributed by atoms with van der Waals surface area (Å²) in [6.45, 7) is 5.27. The van der Waals surface area contributed by atoms with Crippen molar-refractivity contribution in [3.63, 3.8) is 0 Å². The lowest BCUT2D eigenvalue weighted by molar-refractivity contribution is 0.240. The molecule has 0 spiro atoms. The van der Waals surface area contributed by atoms with Gasteiger partial charge < -0.3 is 15.5 Å². The van der Waals surface area contributed by atoms with Crippen LogP contribution in [0.2, 0.25) is 0 Å². The summed E-state index contributed by atoms with van der Waals surface area (Å²) in [7, 11) is 0. The third kappa shape index (κ3) is 4.07. The Labute approximate surface area is 142 Å². The number of rotatable bonds is 7. The van der Waals surface area contributed by atoms with Crippen LogP contribution in [0.1, 0.15) is 18.9 Å². The summed E-state index contributed by atoms with van der Waals surface area (Å²) in [4.78, 5) is 14.3. The van der Waals surface area contributed by atoms with E-state index in [0.717, 1.165) is 25.9 Å². The van der Waals surface area contributed by atoms with Crippen LogP contribution in [0.3, 0.4) is 0 Å². The van der Waals surface area contributed by atoms with E-state index >= 15 is 0 Å². The van der Waals surface area contributed by atoms with Gasteiger partial charge in [-0.2, -0.15) is 5.10 Å². The van der Waals surface area contributed by atoms with Gasteiger partial charge in [-0.05, 0) is 37.5 Å². The maximum Gasteiger partial charge on any atom is 0.314 e. The third-order valence-electron chi connectivity index (χ3n) is 4.42. The number of aryl methyl sites for hydroxylation is 1. The van der Waals surface area contributed by atoms with E-state index in [4.69, 9.17) is 0 Å². The SMILES string of the molecule is CC(CNC(=O)NCCCn1cccn1)N1CCc2ccccc21. The summed E-state index contributed by atoms with van der Waals surface area (Å²) in [5, 5.41) is 10.0. The van der Waals surface area contributed by atoms with Gasteiger partial charge in [-0.3, -0.25) is 4.68 Å². The van der Waals surface area contributed by atoms with Crippen LogP contribution in [-0.4, -0.2) is 41.5 Å². The van der Waals surface area contributed by atoms with Gasteiger partial charge in [0.2, 0.25) is 0 Å². The largest absolute Gasteiger partial charge is 0.366 e. The second-order valence-corrected chi connectivity index (χ2v) is 6.18. The molecular weight excluding hydrogens is 302 g/mol. The molecule has 2 amide bonds. The van der Waals surface area contributed by atoms with Crippen LogP contribution >= 0.6 is 0 Å². The molecule has 0 fully saturated rings. The van der Waals surface area contributed by atoms with Crippen LogP contribution < -0.4 is 15.5 Å². The molecule has 0 saturated carbocycles. The molecule has 1 aromatic carbocycles. The lowest BCUT2D eigenvalue weighted by Crippen LogP contribution is -2.45. The molecule has 128 valence electrons. The Morgan fingerprint density at radius 1 is 1.29 bits per heavy atom. The highest BCUT2D eigenvalue weighted by atomic mass is 16.2. The fourth-order valence-corrected chi connectivity index (χ4v) is 3.11. The van der Waals surface area contributed by atoms with E-state index in [0.29, 0.717) is 13.1 Å². The molecule has 6 heteroatoms. The summed E-state index contributed by atoms with van der Waals surface area (Å²) < 4.78 is 1.87. The van der Waals surface area contributed by atoms with Gasteiger partial charge in [0, 0.05) is 50.3 Å². The highest BCUT2D eigenvalue weighted by Crippen LogP contribution is 2.28. The normalized spacial score (nSPS) is 14.3. The van der Waals surface area contributed by atoms with Crippen molar-refractivity contribution in [1.29, 1.82) is 0 Å². The number of carbonyl (C=O) groups excluding carboxylic acids is 1. The predicted octanol–water partition coefficient (Wildman–Crippen LogP) is 2.02. The summed E-state index contributed by atoms with van der Waals surface area (Å²) >= 11 is 0. The fraction of sp³-hybridized carbons (Fsp3) is 0.444. The molecule has 2 N–H and O–H groups in total. The summed E-state index contributed by atoms with van der Waals surface area (Å²) in [6, 6.07) is 10.6. The Kier molecular flexibility index (Phi) is 5.36. The minimum absolute atomic E-state index is 0.102. The topological polar surface area (TPSA) is 62.2 Å². The number of carbonyl (C=O) groups is 1. The summed E-state index contributed by atoms with van der Waals surface area (Å²) in [5.74, 6) is 0. The molecule has 0 aliphatic carbocycles. The Hall–Kier alpha value is -2.50. The number of fused-ring (bicyclic) bond motifs is 1. The molecule has 1 unspecified atom stereocenters. The number of nitrogens with zero attached hydrogens (tertiary/aromatic N) is 3. The van der Waals surface area contributed by atoms with Gasteiger partial charge in [0.1, 0.15) is 0 Å². The van der Waals surface area contributed by atoms with Crippen molar-refractivity contribution in [2.75, 3.05) is 24.5 Å². The van der Waals surface area contributed by atoms with Crippen LogP contribution in [0.25, 0.3) is 0 Å². The van der Waals surface area contributed by atoms with Crippen LogP contribution in [0.5, 0.6) is 0 Å². The highest BCUT2D eigenvalue weighted by molar-refractivity contribution is 5.73. The summed E-state index contributed by atoms with van der Waals surface area (Å²) in [6.07, 6.45) is 5.64. The molecule has 3 rings (SSSR count). The van der Waals surface area contributed by atoms with Gasteiger partial charge in [0.15, 0.2) is 0 Å². The number of anilines is 1. The van der Waals surface area contributed by atoms with Crippen LogP contribution in [0.15, 0.2) is 42.7 Å². The molecule has 6 nitrogen and oxygen atoms in total. The van der Waals surface area contributed by atoms with Crippen molar-refractivity contribution in [3.05, 3.63) is 48.3 Å². The van der Waals surface area contributed by atoms with E-state index in [1.54, 1.807) is 6.20 Å². The van der Waals surface area contributed by atoms with E-state index in [1.165, 1.54) is 11.3 Å². The average Bonchev–Trinajstić information content (AvgIpc) is 3.26. The van der Waals surface area contributed by atoms with Crippen LogP contribution in [0.4, 0.5) is 10.5 Å². The van der Waals surface area contributed by atoms with E-state index in [-0.39, 0.29) is 12.1 Å². The average molecular weight is 327 g/mol. The minimum atomic E-state index is -0.102. The van der Waals surface area contributed by atoms with Crippen molar-refractivity contribution in [2.24, 2.45) is 0 Å². The first-order valence-corrected chi connectivity index (χ1v) is 8.58. The number of aromatic nitrogens is 2. The van der Waals surface area contributed by atoms with Crippen LogP contribution in [-0.2, 0) is 13.0 Å². The number of urea groups is 1. The lowest BCUT2D eigenvalue weighted by atomic mass is 10.2. The Bertz CT molecular complexity index is 655. The zero-order valence-corrected chi connectivity index (χ0v) is 14.1. The quantitative estimate of drug-likeness (QED) is 0.765. The van der Waals surface area contributed by atoms with E-state index < -0.39 is 0 Å². The molecule has 0 saturated heterocycles. The molecule has 0 radical (unpaired) electrons. The molecule has 0 bridgehead atoms. The fourth-order valence-electron chi connectivity index (χ4n) is 3.11. The Balaban J connectivity index is 1.35. The maximum atomic E-state index is 11.9.